The summed E-state index contributed by atoms with van der Waals surface area (Å²) in [4.78, 5) is 4.15. The number of rotatable bonds is 4. The first-order valence-corrected chi connectivity index (χ1v) is 6.96. The molecule has 1 N–H and O–H groups in total. The first-order valence-electron chi connectivity index (χ1n) is 6.96. The fourth-order valence-electron chi connectivity index (χ4n) is 2.72. The van der Waals surface area contributed by atoms with Crippen molar-refractivity contribution in [3.05, 3.63) is 24.0 Å². The summed E-state index contributed by atoms with van der Waals surface area (Å²) < 4.78 is 5.43. The van der Waals surface area contributed by atoms with Crippen LogP contribution in [0.15, 0.2) is 18.5 Å². The van der Waals surface area contributed by atoms with E-state index in [0.29, 0.717) is 12.5 Å². The van der Waals surface area contributed by atoms with Crippen LogP contribution in [0.3, 0.4) is 0 Å². The molecule has 1 heterocycles. The molecule has 2 rings (SSSR count). The Labute approximate surface area is 109 Å². The molecule has 18 heavy (non-hydrogen) atoms. The average molecular weight is 249 g/mol. The van der Waals surface area contributed by atoms with Gasteiger partial charge in [0.15, 0.2) is 0 Å². The van der Waals surface area contributed by atoms with Crippen molar-refractivity contribution in [2.24, 2.45) is 11.8 Å². The van der Waals surface area contributed by atoms with Crippen molar-refractivity contribution in [2.45, 2.75) is 45.6 Å². The van der Waals surface area contributed by atoms with E-state index < -0.39 is 6.10 Å². The maximum Gasteiger partial charge on any atom is 0.137 e. The Kier molecular flexibility index (Phi) is 4.59. The second-order valence-corrected chi connectivity index (χ2v) is 5.35. The Hall–Kier alpha value is -1.09. The van der Waals surface area contributed by atoms with E-state index in [0.717, 1.165) is 30.1 Å². The number of pyridine rings is 1. The molecule has 1 atom stereocenters. The Bertz CT molecular complexity index is 373. The molecule has 1 saturated carbocycles. The van der Waals surface area contributed by atoms with Crippen LogP contribution in [-0.2, 0) is 0 Å². The number of aliphatic hydroxyl groups excluding tert-OH is 1. The zero-order valence-electron chi connectivity index (χ0n) is 11.3. The molecule has 3 heteroatoms. The lowest BCUT2D eigenvalue weighted by Crippen LogP contribution is -2.19. The SMILES string of the molecule is CCOc1cncc(C(O)C2CCC(C)CC2)c1. The van der Waals surface area contributed by atoms with E-state index in [9.17, 15) is 5.11 Å². The summed E-state index contributed by atoms with van der Waals surface area (Å²) in [5.41, 5.74) is 0.889. The molecule has 0 bridgehead atoms. The summed E-state index contributed by atoms with van der Waals surface area (Å²) in [6.45, 7) is 4.87. The predicted molar refractivity (Wildman–Crippen MR) is 71.5 cm³/mol. The molecule has 0 amide bonds. The van der Waals surface area contributed by atoms with Crippen LogP contribution in [0.2, 0.25) is 0 Å². The van der Waals surface area contributed by atoms with Crippen molar-refractivity contribution in [2.75, 3.05) is 6.61 Å². The van der Waals surface area contributed by atoms with E-state index in [1.165, 1.54) is 12.8 Å². The van der Waals surface area contributed by atoms with Crippen molar-refractivity contribution in [3.8, 4) is 5.75 Å². The minimum atomic E-state index is -0.398. The molecule has 1 fully saturated rings. The van der Waals surface area contributed by atoms with E-state index in [2.05, 4.69) is 11.9 Å². The number of nitrogens with zero attached hydrogens (tertiary/aromatic N) is 1. The molecular formula is C15H23NO2. The van der Waals surface area contributed by atoms with Crippen LogP contribution >= 0.6 is 0 Å². The molecule has 1 aliphatic carbocycles. The average Bonchev–Trinajstić information content (AvgIpc) is 2.39. The Morgan fingerprint density at radius 3 is 2.72 bits per heavy atom. The smallest absolute Gasteiger partial charge is 0.137 e. The zero-order valence-corrected chi connectivity index (χ0v) is 11.3. The van der Waals surface area contributed by atoms with Gasteiger partial charge in [-0.1, -0.05) is 19.8 Å². The van der Waals surface area contributed by atoms with Crippen molar-refractivity contribution in [1.29, 1.82) is 0 Å². The largest absolute Gasteiger partial charge is 0.492 e. The quantitative estimate of drug-likeness (QED) is 0.890. The third-order valence-corrected chi connectivity index (χ3v) is 3.89. The molecule has 1 aromatic heterocycles. The molecule has 1 aromatic rings. The summed E-state index contributed by atoms with van der Waals surface area (Å²) in [5.74, 6) is 1.93. The molecular weight excluding hydrogens is 226 g/mol. The monoisotopic (exact) mass is 249 g/mol. The topological polar surface area (TPSA) is 42.4 Å². The first kappa shape index (κ1) is 13.3. The highest BCUT2D eigenvalue weighted by Gasteiger charge is 2.26. The summed E-state index contributed by atoms with van der Waals surface area (Å²) >= 11 is 0. The minimum absolute atomic E-state index is 0.375. The highest BCUT2D eigenvalue weighted by atomic mass is 16.5. The lowest BCUT2D eigenvalue weighted by Gasteiger charge is -2.30. The van der Waals surface area contributed by atoms with Crippen molar-refractivity contribution in [1.82, 2.24) is 4.98 Å². The molecule has 0 radical (unpaired) electrons. The number of aromatic nitrogens is 1. The van der Waals surface area contributed by atoms with Gasteiger partial charge in [0.25, 0.3) is 0 Å². The number of aliphatic hydroxyl groups is 1. The number of ether oxygens (including phenoxy) is 1. The van der Waals surface area contributed by atoms with Gasteiger partial charge in [0.05, 0.1) is 18.9 Å². The van der Waals surface area contributed by atoms with Crippen molar-refractivity contribution < 1.29 is 9.84 Å². The van der Waals surface area contributed by atoms with Crippen molar-refractivity contribution in [3.63, 3.8) is 0 Å². The maximum atomic E-state index is 10.4. The molecule has 3 nitrogen and oxygen atoms in total. The molecule has 0 aliphatic heterocycles. The highest BCUT2D eigenvalue weighted by molar-refractivity contribution is 5.25. The summed E-state index contributed by atoms with van der Waals surface area (Å²) in [7, 11) is 0. The zero-order chi connectivity index (χ0) is 13.0. The van der Waals surface area contributed by atoms with E-state index in [1.54, 1.807) is 12.4 Å². The minimum Gasteiger partial charge on any atom is -0.492 e. The van der Waals surface area contributed by atoms with E-state index in [4.69, 9.17) is 4.74 Å². The van der Waals surface area contributed by atoms with Crippen LogP contribution in [-0.4, -0.2) is 16.7 Å². The predicted octanol–water partition coefficient (Wildman–Crippen LogP) is 3.34. The number of hydrogen-bond acceptors (Lipinski definition) is 3. The Morgan fingerprint density at radius 1 is 1.33 bits per heavy atom. The number of hydrogen-bond donors (Lipinski definition) is 1. The Morgan fingerprint density at radius 2 is 2.06 bits per heavy atom. The highest BCUT2D eigenvalue weighted by Crippen LogP contribution is 2.36. The van der Waals surface area contributed by atoms with Gasteiger partial charge in [-0.05, 0) is 37.7 Å². The fraction of sp³-hybridized carbons (Fsp3) is 0.667. The van der Waals surface area contributed by atoms with Crippen LogP contribution in [0.1, 0.15) is 51.2 Å². The van der Waals surface area contributed by atoms with Crippen LogP contribution in [0.25, 0.3) is 0 Å². The van der Waals surface area contributed by atoms with Gasteiger partial charge in [0, 0.05) is 11.8 Å². The van der Waals surface area contributed by atoms with E-state index >= 15 is 0 Å². The summed E-state index contributed by atoms with van der Waals surface area (Å²) in [6.07, 6.45) is 7.72. The van der Waals surface area contributed by atoms with Crippen LogP contribution in [0.4, 0.5) is 0 Å². The van der Waals surface area contributed by atoms with Gasteiger partial charge in [0.2, 0.25) is 0 Å². The lowest BCUT2D eigenvalue weighted by atomic mass is 9.79. The molecule has 1 unspecified atom stereocenters. The molecule has 0 saturated heterocycles. The second-order valence-electron chi connectivity index (χ2n) is 5.35. The lowest BCUT2D eigenvalue weighted by molar-refractivity contribution is 0.0750. The molecule has 1 aliphatic rings. The third kappa shape index (κ3) is 3.22. The second kappa shape index (κ2) is 6.19. The molecule has 0 spiro atoms. The third-order valence-electron chi connectivity index (χ3n) is 3.89. The van der Waals surface area contributed by atoms with Gasteiger partial charge in [0.1, 0.15) is 5.75 Å². The standard InChI is InChI=1S/C15H23NO2/c1-3-18-14-8-13(9-16-10-14)15(17)12-6-4-11(2)5-7-12/h8-12,15,17H,3-7H2,1-2H3. The maximum absolute atomic E-state index is 10.4. The van der Waals surface area contributed by atoms with Crippen LogP contribution in [0.5, 0.6) is 5.75 Å². The van der Waals surface area contributed by atoms with Gasteiger partial charge in [-0.15, -0.1) is 0 Å². The van der Waals surface area contributed by atoms with E-state index in [-0.39, 0.29) is 0 Å². The fourth-order valence-corrected chi connectivity index (χ4v) is 2.72. The van der Waals surface area contributed by atoms with Gasteiger partial charge >= 0.3 is 0 Å². The first-order chi connectivity index (χ1) is 8.70. The van der Waals surface area contributed by atoms with Crippen LogP contribution < -0.4 is 4.74 Å². The van der Waals surface area contributed by atoms with Gasteiger partial charge in [-0.2, -0.15) is 0 Å². The van der Waals surface area contributed by atoms with Crippen molar-refractivity contribution >= 4 is 0 Å². The molecule has 0 aromatic carbocycles. The van der Waals surface area contributed by atoms with E-state index in [1.807, 2.05) is 13.0 Å². The Balaban J connectivity index is 2.03. The normalized spacial score (nSPS) is 25.7. The van der Waals surface area contributed by atoms with Gasteiger partial charge < -0.3 is 9.84 Å². The van der Waals surface area contributed by atoms with Gasteiger partial charge in [-0.25, -0.2) is 0 Å². The van der Waals surface area contributed by atoms with Crippen LogP contribution in [0, 0.1) is 11.8 Å². The summed E-state index contributed by atoms with van der Waals surface area (Å²) in [5, 5.41) is 10.4. The molecule has 100 valence electrons. The summed E-state index contributed by atoms with van der Waals surface area (Å²) in [6, 6.07) is 1.92. The van der Waals surface area contributed by atoms with Gasteiger partial charge in [-0.3, -0.25) is 4.98 Å².